The van der Waals surface area contributed by atoms with Crippen LogP contribution in [0.5, 0.6) is 0 Å². The third kappa shape index (κ3) is 6.53. The number of carboxylic acids is 1. The molecule has 0 aliphatic rings. The van der Waals surface area contributed by atoms with Gasteiger partial charge in [0.1, 0.15) is 6.17 Å². The number of amides is 1. The molecule has 4 N–H and O–H groups in total. The minimum atomic E-state index is -1.89. The Morgan fingerprint density at radius 2 is 1.68 bits per heavy atom. The molecular formula is C18H16Cl3N3O3S. The summed E-state index contributed by atoms with van der Waals surface area (Å²) in [6, 6.07) is 12.8. The van der Waals surface area contributed by atoms with Crippen LogP contribution in [0.25, 0.3) is 0 Å². The SMILES string of the molecule is Cc1cccc(C(=O)N[C@@H](NC(=S)Nc2ccc(C(=O)O)cc2)C(Cl)(Cl)Cl)c1. The fourth-order valence-electron chi connectivity index (χ4n) is 2.19. The molecule has 1 amide bonds. The average Bonchev–Trinajstić information content (AvgIpc) is 2.60. The molecule has 1 atom stereocenters. The number of carbonyl (C=O) groups is 2. The van der Waals surface area contributed by atoms with Gasteiger partial charge < -0.3 is 21.1 Å². The maximum Gasteiger partial charge on any atom is 0.335 e. The molecule has 6 nitrogen and oxygen atoms in total. The van der Waals surface area contributed by atoms with Crippen LogP contribution < -0.4 is 16.0 Å². The van der Waals surface area contributed by atoms with Gasteiger partial charge in [-0.1, -0.05) is 52.5 Å². The van der Waals surface area contributed by atoms with Gasteiger partial charge >= 0.3 is 5.97 Å². The second-order valence-electron chi connectivity index (χ2n) is 5.80. The molecule has 28 heavy (non-hydrogen) atoms. The Bertz CT molecular complexity index is 886. The number of hydrogen-bond donors (Lipinski definition) is 4. The largest absolute Gasteiger partial charge is 0.478 e. The van der Waals surface area contributed by atoms with E-state index in [1.807, 2.05) is 13.0 Å². The van der Waals surface area contributed by atoms with Crippen molar-refractivity contribution in [3.8, 4) is 0 Å². The minimum absolute atomic E-state index is 0.0731. The average molecular weight is 461 g/mol. The molecule has 0 aliphatic heterocycles. The number of anilines is 1. The molecule has 0 aliphatic carbocycles. The first kappa shape index (κ1) is 22.2. The summed E-state index contributed by atoms with van der Waals surface area (Å²) in [5, 5.41) is 17.1. The number of carboxylic acid groups (broad SMARTS) is 1. The summed E-state index contributed by atoms with van der Waals surface area (Å²) in [4.78, 5) is 23.3. The Morgan fingerprint density at radius 3 is 2.21 bits per heavy atom. The summed E-state index contributed by atoms with van der Waals surface area (Å²) in [7, 11) is 0. The lowest BCUT2D eigenvalue weighted by atomic mass is 10.1. The van der Waals surface area contributed by atoms with Crippen LogP contribution in [-0.4, -0.2) is 32.1 Å². The van der Waals surface area contributed by atoms with Crippen molar-refractivity contribution >= 4 is 69.7 Å². The molecule has 2 aromatic rings. The third-order valence-corrected chi connectivity index (χ3v) is 4.42. The van der Waals surface area contributed by atoms with Crippen molar-refractivity contribution in [1.29, 1.82) is 0 Å². The maximum atomic E-state index is 12.4. The lowest BCUT2D eigenvalue weighted by Crippen LogP contribution is -2.56. The van der Waals surface area contributed by atoms with Crippen LogP contribution in [0.4, 0.5) is 5.69 Å². The van der Waals surface area contributed by atoms with E-state index < -0.39 is 21.8 Å². The van der Waals surface area contributed by atoms with E-state index >= 15 is 0 Å². The van der Waals surface area contributed by atoms with Crippen LogP contribution in [0.3, 0.4) is 0 Å². The number of halogens is 3. The van der Waals surface area contributed by atoms with Crippen molar-refractivity contribution in [3.63, 3.8) is 0 Å². The number of aromatic carboxylic acids is 1. The molecule has 148 valence electrons. The van der Waals surface area contributed by atoms with Gasteiger partial charge in [0.25, 0.3) is 5.91 Å². The number of nitrogens with one attached hydrogen (secondary N) is 3. The lowest BCUT2D eigenvalue weighted by molar-refractivity contribution is 0.0696. The number of thiocarbonyl (C=S) groups is 1. The summed E-state index contributed by atoms with van der Waals surface area (Å²) in [5.74, 6) is -1.48. The van der Waals surface area contributed by atoms with Gasteiger partial charge in [-0.2, -0.15) is 0 Å². The van der Waals surface area contributed by atoms with E-state index in [1.54, 1.807) is 18.2 Å². The Labute approximate surface area is 182 Å². The lowest BCUT2D eigenvalue weighted by Gasteiger charge is -2.27. The monoisotopic (exact) mass is 459 g/mol. The minimum Gasteiger partial charge on any atom is -0.478 e. The Hall–Kier alpha value is -2.06. The van der Waals surface area contributed by atoms with Crippen molar-refractivity contribution in [2.75, 3.05) is 5.32 Å². The number of aryl methyl sites for hydroxylation is 1. The highest BCUT2D eigenvalue weighted by atomic mass is 35.6. The summed E-state index contributed by atoms with van der Waals surface area (Å²) in [6.45, 7) is 1.86. The van der Waals surface area contributed by atoms with Gasteiger partial charge in [0, 0.05) is 11.3 Å². The van der Waals surface area contributed by atoms with E-state index in [4.69, 9.17) is 52.1 Å². The first-order chi connectivity index (χ1) is 13.1. The first-order valence-electron chi connectivity index (χ1n) is 7.91. The summed E-state index contributed by atoms with van der Waals surface area (Å²) < 4.78 is -1.89. The quantitative estimate of drug-likeness (QED) is 0.305. The molecule has 0 unspecified atom stereocenters. The molecule has 0 saturated heterocycles. The highest BCUT2D eigenvalue weighted by Crippen LogP contribution is 2.29. The zero-order chi connectivity index (χ0) is 20.9. The maximum absolute atomic E-state index is 12.4. The molecule has 2 rings (SSSR count). The number of rotatable bonds is 5. The molecule has 0 fully saturated rings. The predicted molar refractivity (Wildman–Crippen MR) is 115 cm³/mol. The molecule has 10 heteroatoms. The van der Waals surface area contributed by atoms with Crippen molar-refractivity contribution in [2.24, 2.45) is 0 Å². The second kappa shape index (κ2) is 9.43. The Kier molecular flexibility index (Phi) is 7.48. The van der Waals surface area contributed by atoms with Gasteiger partial charge in [0.2, 0.25) is 3.79 Å². The summed E-state index contributed by atoms with van der Waals surface area (Å²) in [6.07, 6.45) is -1.12. The summed E-state index contributed by atoms with van der Waals surface area (Å²) in [5.41, 5.74) is 1.97. The van der Waals surface area contributed by atoms with Crippen LogP contribution in [-0.2, 0) is 0 Å². The van der Waals surface area contributed by atoms with Crippen molar-refractivity contribution in [3.05, 3.63) is 65.2 Å². The number of benzene rings is 2. The molecular weight excluding hydrogens is 445 g/mol. The van der Waals surface area contributed by atoms with Gasteiger partial charge in [-0.05, 0) is 55.5 Å². The van der Waals surface area contributed by atoms with Crippen LogP contribution in [0, 0.1) is 6.92 Å². The van der Waals surface area contributed by atoms with Crippen LogP contribution >= 0.6 is 47.0 Å². The molecule has 0 saturated carbocycles. The molecule has 2 aromatic carbocycles. The van der Waals surface area contributed by atoms with E-state index in [2.05, 4.69) is 16.0 Å². The van der Waals surface area contributed by atoms with Crippen molar-refractivity contribution in [2.45, 2.75) is 16.9 Å². The fourth-order valence-corrected chi connectivity index (χ4v) is 2.76. The van der Waals surface area contributed by atoms with Crippen molar-refractivity contribution in [1.82, 2.24) is 10.6 Å². The molecule has 0 bridgehead atoms. The third-order valence-electron chi connectivity index (χ3n) is 3.55. The molecule has 0 radical (unpaired) electrons. The van der Waals surface area contributed by atoms with Crippen molar-refractivity contribution < 1.29 is 14.7 Å². The predicted octanol–water partition coefficient (Wildman–Crippen LogP) is 4.11. The van der Waals surface area contributed by atoms with Gasteiger partial charge in [0.15, 0.2) is 5.11 Å². The van der Waals surface area contributed by atoms with E-state index in [0.717, 1.165) is 5.56 Å². The Morgan fingerprint density at radius 1 is 1.04 bits per heavy atom. The van der Waals surface area contributed by atoms with E-state index in [0.29, 0.717) is 11.3 Å². The summed E-state index contributed by atoms with van der Waals surface area (Å²) >= 11 is 23.1. The second-order valence-corrected chi connectivity index (χ2v) is 8.58. The van der Waals surface area contributed by atoms with E-state index in [-0.39, 0.29) is 10.7 Å². The number of alkyl halides is 3. The molecule has 0 spiro atoms. The Balaban J connectivity index is 2.06. The zero-order valence-corrected chi connectivity index (χ0v) is 17.6. The highest BCUT2D eigenvalue weighted by molar-refractivity contribution is 7.80. The van der Waals surface area contributed by atoms with Crippen LogP contribution in [0.15, 0.2) is 48.5 Å². The number of hydrogen-bond acceptors (Lipinski definition) is 3. The zero-order valence-electron chi connectivity index (χ0n) is 14.5. The van der Waals surface area contributed by atoms with Gasteiger partial charge in [-0.15, -0.1) is 0 Å². The molecule has 0 aromatic heterocycles. The van der Waals surface area contributed by atoms with Crippen LogP contribution in [0.1, 0.15) is 26.3 Å². The smallest absolute Gasteiger partial charge is 0.335 e. The van der Waals surface area contributed by atoms with Gasteiger partial charge in [0.05, 0.1) is 5.56 Å². The van der Waals surface area contributed by atoms with Crippen LogP contribution in [0.2, 0.25) is 0 Å². The normalized spacial score (nSPS) is 12.0. The van der Waals surface area contributed by atoms with E-state index in [1.165, 1.54) is 24.3 Å². The number of carbonyl (C=O) groups excluding carboxylic acids is 1. The standard InChI is InChI=1S/C18H16Cl3N3O3S/c1-10-3-2-4-12(9-10)14(25)23-16(18(19,20)21)24-17(28)22-13-7-5-11(6-8-13)15(26)27/h2-9,16H,1H3,(H,23,25)(H,26,27)(H2,22,24,28)/t16-/m0/s1. The fraction of sp³-hybridized carbons (Fsp3) is 0.167. The van der Waals surface area contributed by atoms with E-state index in [9.17, 15) is 9.59 Å². The van der Waals surface area contributed by atoms with Gasteiger partial charge in [-0.25, -0.2) is 4.79 Å². The topological polar surface area (TPSA) is 90.5 Å². The van der Waals surface area contributed by atoms with Gasteiger partial charge in [-0.3, -0.25) is 4.79 Å². The highest BCUT2D eigenvalue weighted by Gasteiger charge is 2.34. The molecule has 0 heterocycles. The first-order valence-corrected chi connectivity index (χ1v) is 9.45.